The van der Waals surface area contributed by atoms with Gasteiger partial charge in [0, 0.05) is 19.7 Å². The lowest BCUT2D eigenvalue weighted by atomic mass is 10.6. The van der Waals surface area contributed by atoms with E-state index in [1.54, 1.807) is 0 Å². The second-order valence-electron chi connectivity index (χ2n) is 3.21. The molecule has 0 aromatic heterocycles. The van der Waals surface area contributed by atoms with E-state index < -0.39 is 40.6 Å². The number of likely N-dealkylation sites (N-methyl/N-ethyl adjacent to an activating group) is 1. The molecule has 0 N–H and O–H groups in total. The van der Waals surface area contributed by atoms with Crippen molar-refractivity contribution in [3.05, 3.63) is 12.7 Å². The average Bonchev–Trinajstić information content (AvgIpc) is 2.26. The summed E-state index contributed by atoms with van der Waals surface area (Å²) in [6.45, 7) is 1.46. The van der Waals surface area contributed by atoms with Gasteiger partial charge in [-0.25, -0.2) is 13.2 Å². The number of hydrogen-bond donors (Lipinski definition) is 0. The molecule has 0 atom stereocenters. The van der Waals surface area contributed by atoms with E-state index in [1.807, 2.05) is 0 Å². The molecule has 0 heterocycles. The van der Waals surface area contributed by atoms with Crippen LogP contribution < -0.4 is 0 Å². The first-order chi connectivity index (χ1) is 8.38. The quantitative estimate of drug-likeness (QED) is 0.419. The van der Waals surface area contributed by atoms with Crippen molar-refractivity contribution in [2.24, 2.45) is 0 Å². The number of alkyl halides is 5. The topological polar surface area (TPSA) is 63.7 Å². The van der Waals surface area contributed by atoms with Crippen LogP contribution in [0.1, 0.15) is 0 Å². The molecule has 0 fully saturated rings. The van der Waals surface area contributed by atoms with Crippen LogP contribution >= 0.6 is 0 Å². The minimum absolute atomic E-state index is 0.239. The summed E-state index contributed by atoms with van der Waals surface area (Å²) in [5, 5.41) is -5.92. The molecule has 0 amide bonds. The van der Waals surface area contributed by atoms with E-state index in [4.69, 9.17) is 0 Å². The SMILES string of the molecule is C=CC(=O)OCCN(C)S(=O)(=O)C(F)(F)C(F)(F)F. The first-order valence-electron chi connectivity index (χ1n) is 4.57. The number of nitrogens with zero attached hydrogens (tertiary/aromatic N) is 1. The van der Waals surface area contributed by atoms with Gasteiger partial charge in [0.1, 0.15) is 6.61 Å². The van der Waals surface area contributed by atoms with Gasteiger partial charge < -0.3 is 4.74 Å². The van der Waals surface area contributed by atoms with Gasteiger partial charge in [-0.1, -0.05) is 6.58 Å². The molecule has 0 saturated heterocycles. The van der Waals surface area contributed by atoms with Crippen molar-refractivity contribution in [3.8, 4) is 0 Å². The number of esters is 1. The summed E-state index contributed by atoms with van der Waals surface area (Å²) in [7, 11) is -5.43. The Bertz CT molecular complexity index is 445. The number of rotatable bonds is 6. The zero-order chi connectivity index (χ0) is 15.5. The lowest BCUT2D eigenvalue weighted by Crippen LogP contribution is -2.51. The number of hydrogen-bond acceptors (Lipinski definition) is 4. The van der Waals surface area contributed by atoms with Crippen molar-refractivity contribution in [3.63, 3.8) is 0 Å². The summed E-state index contributed by atoms with van der Waals surface area (Å²) in [5.74, 6) is -0.964. The first kappa shape index (κ1) is 17.8. The van der Waals surface area contributed by atoms with Gasteiger partial charge in [0.15, 0.2) is 0 Å². The monoisotopic (exact) mass is 311 g/mol. The molecule has 0 radical (unpaired) electrons. The normalized spacial score (nSPS) is 13.4. The van der Waals surface area contributed by atoms with Crippen LogP contribution in [0.4, 0.5) is 22.0 Å². The Hall–Kier alpha value is -1.23. The van der Waals surface area contributed by atoms with Crippen molar-refractivity contribution < 1.29 is 39.9 Å². The Morgan fingerprint density at radius 3 is 2.16 bits per heavy atom. The molecule has 0 unspecified atom stereocenters. The number of carbonyl (C=O) groups is 1. The lowest BCUT2D eigenvalue weighted by molar-refractivity contribution is -0.242. The predicted molar refractivity (Wildman–Crippen MR) is 53.7 cm³/mol. The molecule has 5 nitrogen and oxygen atoms in total. The summed E-state index contributed by atoms with van der Waals surface area (Å²) in [6.07, 6.45) is -5.52. The van der Waals surface area contributed by atoms with Crippen molar-refractivity contribution in [2.75, 3.05) is 20.2 Å². The van der Waals surface area contributed by atoms with Crippen LogP contribution in [0.3, 0.4) is 0 Å². The molecular weight excluding hydrogens is 301 g/mol. The maximum atomic E-state index is 12.7. The van der Waals surface area contributed by atoms with E-state index in [2.05, 4.69) is 11.3 Å². The van der Waals surface area contributed by atoms with Gasteiger partial charge in [-0.15, -0.1) is 0 Å². The molecule has 0 aliphatic heterocycles. The molecule has 0 aromatic rings. The van der Waals surface area contributed by atoms with Gasteiger partial charge in [0.2, 0.25) is 0 Å². The molecule has 112 valence electrons. The van der Waals surface area contributed by atoms with E-state index in [-0.39, 0.29) is 4.31 Å². The standard InChI is InChI=1S/C8H10F5NO4S/c1-3-6(15)18-5-4-14(2)19(16,17)8(12,13)7(9,10)11/h3H,1,4-5H2,2H3. The van der Waals surface area contributed by atoms with E-state index >= 15 is 0 Å². The van der Waals surface area contributed by atoms with E-state index in [0.29, 0.717) is 7.05 Å². The second-order valence-corrected chi connectivity index (χ2v) is 5.30. The Kier molecular flexibility index (Phi) is 5.44. The molecule has 0 rings (SSSR count). The van der Waals surface area contributed by atoms with Crippen molar-refractivity contribution in [1.29, 1.82) is 0 Å². The highest BCUT2D eigenvalue weighted by Crippen LogP contribution is 2.40. The molecule has 0 saturated carbocycles. The lowest BCUT2D eigenvalue weighted by Gasteiger charge is -2.25. The fourth-order valence-corrected chi connectivity index (χ4v) is 1.79. The summed E-state index contributed by atoms with van der Waals surface area (Å²) < 4.78 is 87.4. The van der Waals surface area contributed by atoms with Crippen molar-refractivity contribution >= 4 is 16.0 Å². The largest absolute Gasteiger partial charge is 0.470 e. The predicted octanol–water partition coefficient (Wildman–Crippen LogP) is 1.13. The van der Waals surface area contributed by atoms with E-state index in [1.165, 1.54) is 0 Å². The van der Waals surface area contributed by atoms with Gasteiger partial charge in [0.05, 0.1) is 0 Å². The Labute approximate surface area is 105 Å². The number of halogens is 5. The molecule has 19 heavy (non-hydrogen) atoms. The zero-order valence-electron chi connectivity index (χ0n) is 9.58. The third kappa shape index (κ3) is 3.86. The maximum Gasteiger partial charge on any atom is 0.470 e. The molecule has 0 spiro atoms. The fraction of sp³-hybridized carbons (Fsp3) is 0.625. The van der Waals surface area contributed by atoms with Gasteiger partial charge in [-0.05, 0) is 0 Å². The fourth-order valence-electron chi connectivity index (χ4n) is 0.796. The summed E-state index contributed by atoms with van der Waals surface area (Å²) in [6, 6.07) is 0. The van der Waals surface area contributed by atoms with Crippen LogP contribution in [0.25, 0.3) is 0 Å². The number of ether oxygens (including phenoxy) is 1. The molecule has 0 aromatic carbocycles. The van der Waals surface area contributed by atoms with Crippen LogP contribution in [-0.4, -0.2) is 50.3 Å². The van der Waals surface area contributed by atoms with Crippen molar-refractivity contribution in [2.45, 2.75) is 11.4 Å². The Morgan fingerprint density at radius 2 is 1.79 bits per heavy atom. The highest BCUT2D eigenvalue weighted by Gasteiger charge is 2.68. The first-order valence-corrected chi connectivity index (χ1v) is 6.01. The van der Waals surface area contributed by atoms with Crippen LogP contribution in [0.15, 0.2) is 12.7 Å². The second kappa shape index (κ2) is 5.82. The van der Waals surface area contributed by atoms with Crippen LogP contribution in [0.5, 0.6) is 0 Å². The number of sulfonamides is 1. The Balaban J connectivity index is 4.84. The Morgan fingerprint density at radius 1 is 1.32 bits per heavy atom. The third-order valence-electron chi connectivity index (χ3n) is 1.88. The van der Waals surface area contributed by atoms with Gasteiger partial charge in [0.25, 0.3) is 10.0 Å². The third-order valence-corrected chi connectivity index (χ3v) is 3.76. The molecule has 11 heteroatoms. The van der Waals surface area contributed by atoms with Gasteiger partial charge >= 0.3 is 17.4 Å². The smallest absolute Gasteiger partial charge is 0.461 e. The zero-order valence-corrected chi connectivity index (χ0v) is 10.4. The van der Waals surface area contributed by atoms with Gasteiger partial charge in [-0.2, -0.15) is 26.3 Å². The van der Waals surface area contributed by atoms with Gasteiger partial charge in [-0.3, -0.25) is 0 Å². The number of carbonyl (C=O) groups excluding carboxylic acids is 1. The summed E-state index contributed by atoms with van der Waals surface area (Å²) >= 11 is 0. The summed E-state index contributed by atoms with van der Waals surface area (Å²) in [4.78, 5) is 10.6. The van der Waals surface area contributed by atoms with Crippen LogP contribution in [0, 0.1) is 0 Å². The molecule has 0 aliphatic carbocycles. The van der Waals surface area contributed by atoms with Crippen LogP contribution in [-0.2, 0) is 19.6 Å². The van der Waals surface area contributed by atoms with Crippen molar-refractivity contribution in [1.82, 2.24) is 4.31 Å². The summed E-state index contributed by atoms with van der Waals surface area (Å²) in [5.41, 5.74) is 0. The minimum Gasteiger partial charge on any atom is -0.461 e. The highest BCUT2D eigenvalue weighted by atomic mass is 32.2. The molecule has 0 bridgehead atoms. The minimum atomic E-state index is -6.24. The van der Waals surface area contributed by atoms with Crippen LogP contribution in [0.2, 0.25) is 0 Å². The average molecular weight is 311 g/mol. The van der Waals surface area contributed by atoms with E-state index in [0.717, 1.165) is 6.08 Å². The van der Waals surface area contributed by atoms with E-state index in [9.17, 15) is 35.2 Å². The highest BCUT2D eigenvalue weighted by molar-refractivity contribution is 7.90. The molecule has 0 aliphatic rings. The molecular formula is C8H10F5NO4S. The maximum absolute atomic E-state index is 12.7.